The van der Waals surface area contributed by atoms with E-state index in [9.17, 15) is 18.4 Å². The van der Waals surface area contributed by atoms with Crippen molar-refractivity contribution in [2.24, 2.45) is 0 Å². The molecule has 0 unspecified atom stereocenters. The van der Waals surface area contributed by atoms with Crippen LogP contribution in [0.4, 0.5) is 14.6 Å². The van der Waals surface area contributed by atoms with Crippen LogP contribution in [0, 0.1) is 0 Å². The SMILES string of the molecule is Nc1ccc(C=CC(=O)NCc2cc3cc(-c4ccc(C(=O)N5CCC(F)(F)CC5)cc4)cc(-c4cc(Cl)cc(Cl)c4)c3o2)cn1. The summed E-state index contributed by atoms with van der Waals surface area (Å²) in [4.78, 5) is 31.0. The number of nitrogen functional groups attached to an aromatic ring is 1. The number of halogens is 4. The van der Waals surface area contributed by atoms with Crippen LogP contribution in [-0.4, -0.2) is 40.7 Å². The Bertz CT molecular complexity index is 1930. The number of rotatable bonds is 7. The third-order valence-electron chi connectivity index (χ3n) is 7.76. The second kappa shape index (κ2) is 12.9. The van der Waals surface area contributed by atoms with E-state index >= 15 is 0 Å². The Labute approximate surface area is 273 Å². The Balaban J connectivity index is 1.27. The summed E-state index contributed by atoms with van der Waals surface area (Å²) >= 11 is 12.7. The normalized spacial score (nSPS) is 14.6. The molecular formula is C35H28Cl2F2N4O3. The minimum Gasteiger partial charge on any atom is -0.459 e. The number of amides is 2. The minimum atomic E-state index is -2.73. The second-order valence-electron chi connectivity index (χ2n) is 11.1. The molecule has 3 N–H and O–H groups in total. The predicted molar refractivity (Wildman–Crippen MR) is 177 cm³/mol. The number of carbonyl (C=O) groups excluding carboxylic acids is 2. The zero-order chi connectivity index (χ0) is 32.4. The van der Waals surface area contributed by atoms with Crippen molar-refractivity contribution in [1.82, 2.24) is 15.2 Å². The Morgan fingerprint density at radius 2 is 1.65 bits per heavy atom. The molecule has 234 valence electrons. The highest BCUT2D eigenvalue weighted by molar-refractivity contribution is 6.35. The number of hydrogen-bond donors (Lipinski definition) is 2. The maximum atomic E-state index is 13.6. The van der Waals surface area contributed by atoms with Gasteiger partial charge in [-0.15, -0.1) is 0 Å². The van der Waals surface area contributed by atoms with Gasteiger partial charge in [0.2, 0.25) is 5.91 Å². The number of likely N-dealkylation sites (tertiary alicyclic amines) is 1. The number of pyridine rings is 1. The van der Waals surface area contributed by atoms with Gasteiger partial charge in [0.05, 0.1) is 6.54 Å². The van der Waals surface area contributed by atoms with Crippen molar-refractivity contribution < 1.29 is 22.8 Å². The summed E-state index contributed by atoms with van der Waals surface area (Å²) in [6.45, 7) is 0.188. The van der Waals surface area contributed by atoms with E-state index in [2.05, 4.69) is 10.3 Å². The number of nitrogens with one attached hydrogen (secondary N) is 1. The molecule has 0 spiro atoms. The third kappa shape index (κ3) is 7.22. The van der Waals surface area contributed by atoms with Crippen LogP contribution in [0.5, 0.6) is 0 Å². The van der Waals surface area contributed by atoms with E-state index in [4.69, 9.17) is 33.4 Å². The molecule has 1 aliphatic rings. The zero-order valence-electron chi connectivity index (χ0n) is 24.4. The van der Waals surface area contributed by atoms with E-state index in [1.54, 1.807) is 54.7 Å². The van der Waals surface area contributed by atoms with Crippen LogP contribution >= 0.6 is 23.2 Å². The molecule has 0 saturated carbocycles. The summed E-state index contributed by atoms with van der Waals surface area (Å²) in [7, 11) is 0. The van der Waals surface area contributed by atoms with Crippen molar-refractivity contribution in [2.45, 2.75) is 25.3 Å². The summed E-state index contributed by atoms with van der Waals surface area (Å²) in [5.41, 5.74) is 10.5. The van der Waals surface area contributed by atoms with Gasteiger partial charge in [0.15, 0.2) is 0 Å². The standard InChI is InChI=1S/C35H28Cl2F2N4O3/c36-27-14-25(15-28(37)18-27)30-17-24(22-3-5-23(6-4-22)34(45)43-11-9-35(38,39)10-12-43)13-26-16-29(46-33(26)30)20-42-32(44)8-2-21-1-7-31(40)41-19-21/h1-8,13-19H,9-12,20H2,(H2,40,41)(H,42,44). The van der Waals surface area contributed by atoms with E-state index < -0.39 is 5.92 Å². The lowest BCUT2D eigenvalue weighted by Crippen LogP contribution is -2.42. The van der Waals surface area contributed by atoms with Crippen molar-refractivity contribution in [3.8, 4) is 22.3 Å². The van der Waals surface area contributed by atoms with Gasteiger partial charge >= 0.3 is 0 Å². The van der Waals surface area contributed by atoms with Crippen LogP contribution < -0.4 is 11.1 Å². The molecule has 1 aliphatic heterocycles. The monoisotopic (exact) mass is 660 g/mol. The fraction of sp³-hybridized carbons (Fsp3) is 0.171. The van der Waals surface area contributed by atoms with Gasteiger partial charge in [-0.2, -0.15) is 0 Å². The van der Waals surface area contributed by atoms with Crippen LogP contribution in [0.3, 0.4) is 0 Å². The van der Waals surface area contributed by atoms with Gasteiger partial charge in [-0.25, -0.2) is 13.8 Å². The number of piperidine rings is 1. The van der Waals surface area contributed by atoms with Gasteiger partial charge in [-0.1, -0.05) is 35.3 Å². The molecule has 0 radical (unpaired) electrons. The number of furan rings is 1. The molecule has 11 heteroatoms. The number of benzene rings is 3. The fourth-order valence-corrected chi connectivity index (χ4v) is 5.86. The maximum Gasteiger partial charge on any atom is 0.253 e. The quantitative estimate of drug-likeness (QED) is 0.171. The molecule has 2 amide bonds. The van der Waals surface area contributed by atoms with Gasteiger partial charge in [0, 0.05) is 64.8 Å². The molecule has 46 heavy (non-hydrogen) atoms. The van der Waals surface area contributed by atoms with E-state index in [0.717, 1.165) is 33.2 Å². The number of alkyl halides is 2. The first-order chi connectivity index (χ1) is 22.0. The minimum absolute atomic E-state index is 0.0232. The molecule has 7 nitrogen and oxygen atoms in total. The lowest BCUT2D eigenvalue weighted by molar-refractivity contribution is -0.116. The molecule has 0 aliphatic carbocycles. The highest BCUT2D eigenvalue weighted by Gasteiger charge is 2.35. The lowest BCUT2D eigenvalue weighted by Gasteiger charge is -2.31. The van der Waals surface area contributed by atoms with Gasteiger partial charge in [0.25, 0.3) is 11.8 Å². The predicted octanol–water partition coefficient (Wildman–Crippen LogP) is 8.25. The first-order valence-corrected chi connectivity index (χ1v) is 15.3. The molecule has 5 aromatic rings. The lowest BCUT2D eigenvalue weighted by atomic mass is 9.96. The molecular weight excluding hydrogens is 633 g/mol. The van der Waals surface area contributed by atoms with Crippen LogP contribution in [0.2, 0.25) is 10.0 Å². The summed E-state index contributed by atoms with van der Waals surface area (Å²) in [6.07, 6.45) is 3.95. The van der Waals surface area contributed by atoms with Crippen LogP contribution in [0.25, 0.3) is 39.3 Å². The van der Waals surface area contributed by atoms with E-state index in [0.29, 0.717) is 32.8 Å². The number of fused-ring (bicyclic) bond motifs is 1. The van der Waals surface area contributed by atoms with Gasteiger partial charge in [-0.3, -0.25) is 9.59 Å². The second-order valence-corrected chi connectivity index (χ2v) is 12.0. The fourth-order valence-electron chi connectivity index (χ4n) is 5.33. The highest BCUT2D eigenvalue weighted by atomic mass is 35.5. The summed E-state index contributed by atoms with van der Waals surface area (Å²) < 4.78 is 33.4. The molecule has 2 aromatic heterocycles. The molecule has 3 heterocycles. The van der Waals surface area contributed by atoms with Gasteiger partial charge in [0.1, 0.15) is 17.2 Å². The Hall–Kier alpha value is -4.73. The maximum absolute atomic E-state index is 13.6. The van der Waals surface area contributed by atoms with Crippen molar-refractivity contribution >= 4 is 57.9 Å². The van der Waals surface area contributed by atoms with Gasteiger partial charge in [-0.05, 0) is 89.0 Å². The van der Waals surface area contributed by atoms with E-state index in [1.807, 2.05) is 30.3 Å². The first kappa shape index (κ1) is 31.3. The van der Waals surface area contributed by atoms with Crippen LogP contribution in [-0.2, 0) is 11.3 Å². The summed E-state index contributed by atoms with van der Waals surface area (Å²) in [5.74, 6) is -2.38. The number of nitrogens with zero attached hydrogens (tertiary/aromatic N) is 2. The Morgan fingerprint density at radius 3 is 2.33 bits per heavy atom. The summed E-state index contributed by atoms with van der Waals surface area (Å²) in [6, 6.07) is 21.4. The largest absolute Gasteiger partial charge is 0.459 e. The summed E-state index contributed by atoms with van der Waals surface area (Å²) in [5, 5.41) is 4.53. The van der Waals surface area contributed by atoms with Gasteiger partial charge < -0.3 is 20.4 Å². The van der Waals surface area contributed by atoms with Crippen molar-refractivity contribution in [3.63, 3.8) is 0 Å². The van der Waals surface area contributed by atoms with Crippen molar-refractivity contribution in [1.29, 1.82) is 0 Å². The molecule has 0 atom stereocenters. The molecule has 1 fully saturated rings. The molecule has 6 rings (SSSR count). The van der Waals surface area contributed by atoms with E-state index in [1.165, 1.54) is 11.0 Å². The average Bonchev–Trinajstić information content (AvgIpc) is 3.45. The zero-order valence-corrected chi connectivity index (χ0v) is 25.9. The number of anilines is 1. The van der Waals surface area contributed by atoms with Crippen molar-refractivity contribution in [2.75, 3.05) is 18.8 Å². The number of nitrogens with two attached hydrogens (primary N) is 1. The number of aromatic nitrogens is 1. The highest BCUT2D eigenvalue weighted by Crippen LogP contribution is 2.38. The number of carbonyl (C=O) groups is 2. The Morgan fingerprint density at radius 1 is 0.935 bits per heavy atom. The topological polar surface area (TPSA) is 101 Å². The Kier molecular flexibility index (Phi) is 8.80. The third-order valence-corrected chi connectivity index (χ3v) is 8.20. The van der Waals surface area contributed by atoms with Crippen molar-refractivity contribution in [3.05, 3.63) is 112 Å². The molecule has 0 bridgehead atoms. The van der Waals surface area contributed by atoms with Crippen LogP contribution in [0.1, 0.15) is 34.5 Å². The number of hydrogen-bond acceptors (Lipinski definition) is 5. The molecule has 3 aromatic carbocycles. The smallest absolute Gasteiger partial charge is 0.253 e. The average molecular weight is 662 g/mol. The van der Waals surface area contributed by atoms with E-state index in [-0.39, 0.29) is 44.3 Å². The molecule has 1 saturated heterocycles. The van der Waals surface area contributed by atoms with Crippen LogP contribution in [0.15, 0.2) is 89.5 Å². The first-order valence-electron chi connectivity index (χ1n) is 14.5.